The third-order valence-electron chi connectivity index (χ3n) is 3.69. The second kappa shape index (κ2) is 7.18. The predicted molar refractivity (Wildman–Crippen MR) is 91.3 cm³/mol. The monoisotopic (exact) mass is 317 g/mol. The number of aliphatic imine (C=N–C) groups is 1. The first-order valence-electron chi connectivity index (χ1n) is 7.11. The number of phenols is 1. The normalized spacial score (nSPS) is 17.0. The van der Waals surface area contributed by atoms with Crippen molar-refractivity contribution < 1.29 is 5.11 Å². The summed E-state index contributed by atoms with van der Waals surface area (Å²) in [6.45, 7) is 1.63. The Kier molecular flexibility index (Phi) is 5.28. The van der Waals surface area contributed by atoms with Crippen LogP contribution in [0.2, 0.25) is 0 Å². The third-order valence-corrected chi connectivity index (χ3v) is 3.69. The van der Waals surface area contributed by atoms with Gasteiger partial charge in [0.2, 0.25) is 0 Å². The molecule has 0 saturated heterocycles. The molecule has 5 heteroatoms. The topological polar surface area (TPSA) is 61.9 Å². The molecule has 4 nitrogen and oxygen atoms in total. The molecule has 3 N–H and O–H groups in total. The van der Waals surface area contributed by atoms with Gasteiger partial charge in [0.05, 0.1) is 6.04 Å². The second-order valence-electron chi connectivity index (χ2n) is 5.38. The van der Waals surface area contributed by atoms with E-state index in [1.165, 1.54) is 5.56 Å². The summed E-state index contributed by atoms with van der Waals surface area (Å²) in [5.74, 6) is 0.904. The number of hydrogen-bond donors (Lipinski definition) is 2. The number of phenolic OH excluding ortho intramolecular Hbond substituents is 1. The molecule has 22 heavy (non-hydrogen) atoms. The van der Waals surface area contributed by atoms with Crippen molar-refractivity contribution in [3.63, 3.8) is 0 Å². The van der Waals surface area contributed by atoms with Crippen LogP contribution in [0, 0.1) is 0 Å². The van der Waals surface area contributed by atoms with Crippen LogP contribution in [0.4, 0.5) is 0 Å². The van der Waals surface area contributed by atoms with Gasteiger partial charge in [-0.25, -0.2) is 4.99 Å². The Morgan fingerprint density at radius 3 is 2.41 bits per heavy atom. The Hall–Kier alpha value is -2.20. The Balaban J connectivity index is 0.00000176. The number of guanidine groups is 1. The molecule has 1 heterocycles. The SMILES string of the molecule is Cl.NC1=N[C@@H](Cc2ccc(O)cc2)CN1Cc1ccccc1. The summed E-state index contributed by atoms with van der Waals surface area (Å²) in [4.78, 5) is 6.65. The van der Waals surface area contributed by atoms with E-state index in [1.54, 1.807) is 12.1 Å². The van der Waals surface area contributed by atoms with Crippen molar-refractivity contribution in [3.8, 4) is 5.75 Å². The van der Waals surface area contributed by atoms with Crippen LogP contribution in [0.1, 0.15) is 11.1 Å². The van der Waals surface area contributed by atoms with E-state index < -0.39 is 0 Å². The molecule has 1 aliphatic rings. The number of benzene rings is 2. The van der Waals surface area contributed by atoms with Crippen LogP contribution >= 0.6 is 12.4 Å². The fourth-order valence-corrected chi connectivity index (χ4v) is 2.62. The Morgan fingerprint density at radius 1 is 1.05 bits per heavy atom. The summed E-state index contributed by atoms with van der Waals surface area (Å²) in [6.07, 6.45) is 0.840. The smallest absolute Gasteiger partial charge is 0.191 e. The molecule has 3 rings (SSSR count). The molecule has 0 spiro atoms. The lowest BCUT2D eigenvalue weighted by molar-refractivity contribution is 0.413. The molecule has 0 unspecified atom stereocenters. The Bertz CT molecular complexity index is 628. The van der Waals surface area contributed by atoms with Crippen molar-refractivity contribution in [2.24, 2.45) is 10.7 Å². The number of nitrogens with zero attached hydrogens (tertiary/aromatic N) is 2. The number of rotatable bonds is 4. The summed E-state index contributed by atoms with van der Waals surface area (Å²) in [5, 5.41) is 9.31. The number of aromatic hydroxyl groups is 1. The summed E-state index contributed by atoms with van der Waals surface area (Å²) in [7, 11) is 0. The fraction of sp³-hybridized carbons (Fsp3) is 0.235. The van der Waals surface area contributed by atoms with Crippen LogP contribution in [-0.2, 0) is 13.0 Å². The van der Waals surface area contributed by atoms with Crippen LogP contribution in [-0.4, -0.2) is 28.6 Å². The van der Waals surface area contributed by atoms with Gasteiger partial charge < -0.3 is 15.7 Å². The number of nitrogens with two attached hydrogens (primary N) is 1. The van der Waals surface area contributed by atoms with E-state index in [-0.39, 0.29) is 18.4 Å². The van der Waals surface area contributed by atoms with Gasteiger partial charge in [-0.15, -0.1) is 12.4 Å². The first kappa shape index (κ1) is 16.2. The van der Waals surface area contributed by atoms with Gasteiger partial charge in [0.25, 0.3) is 0 Å². The summed E-state index contributed by atoms with van der Waals surface area (Å²) in [6, 6.07) is 17.7. The first-order valence-corrected chi connectivity index (χ1v) is 7.11. The maximum Gasteiger partial charge on any atom is 0.191 e. The largest absolute Gasteiger partial charge is 0.508 e. The van der Waals surface area contributed by atoms with Crippen molar-refractivity contribution in [3.05, 3.63) is 65.7 Å². The maximum absolute atomic E-state index is 9.31. The third kappa shape index (κ3) is 3.92. The van der Waals surface area contributed by atoms with Crippen LogP contribution < -0.4 is 5.73 Å². The lowest BCUT2D eigenvalue weighted by Gasteiger charge is -2.18. The Labute approximate surface area is 136 Å². The van der Waals surface area contributed by atoms with Crippen molar-refractivity contribution in [1.82, 2.24) is 4.90 Å². The van der Waals surface area contributed by atoms with Crippen molar-refractivity contribution >= 4 is 18.4 Å². The molecule has 0 aromatic heterocycles. The minimum Gasteiger partial charge on any atom is -0.508 e. The van der Waals surface area contributed by atoms with E-state index in [4.69, 9.17) is 5.73 Å². The quantitative estimate of drug-likeness (QED) is 0.911. The molecular weight excluding hydrogens is 298 g/mol. The fourth-order valence-electron chi connectivity index (χ4n) is 2.62. The van der Waals surface area contributed by atoms with Crippen LogP contribution in [0.3, 0.4) is 0 Å². The van der Waals surface area contributed by atoms with E-state index in [1.807, 2.05) is 30.3 Å². The van der Waals surface area contributed by atoms with Gasteiger partial charge in [-0.05, 0) is 29.7 Å². The van der Waals surface area contributed by atoms with Crippen molar-refractivity contribution in [1.29, 1.82) is 0 Å². The first-order chi connectivity index (χ1) is 10.2. The van der Waals surface area contributed by atoms with Gasteiger partial charge in [-0.3, -0.25) is 0 Å². The molecule has 0 fully saturated rings. The molecule has 2 aromatic carbocycles. The molecule has 2 aromatic rings. The zero-order chi connectivity index (χ0) is 14.7. The van der Waals surface area contributed by atoms with Crippen LogP contribution in [0.5, 0.6) is 5.75 Å². The van der Waals surface area contributed by atoms with E-state index in [2.05, 4.69) is 22.0 Å². The van der Waals surface area contributed by atoms with Gasteiger partial charge in [-0.1, -0.05) is 42.5 Å². The molecule has 0 amide bonds. The zero-order valence-corrected chi connectivity index (χ0v) is 13.0. The molecule has 1 atom stereocenters. The minimum absolute atomic E-state index is 0. The highest BCUT2D eigenvalue weighted by Gasteiger charge is 2.23. The lowest BCUT2D eigenvalue weighted by atomic mass is 10.1. The van der Waals surface area contributed by atoms with E-state index >= 15 is 0 Å². The molecular formula is C17H20ClN3O. The highest BCUT2D eigenvalue weighted by atomic mass is 35.5. The molecule has 0 bridgehead atoms. The van der Waals surface area contributed by atoms with Crippen molar-refractivity contribution in [2.75, 3.05) is 6.54 Å². The molecule has 0 radical (unpaired) electrons. The van der Waals surface area contributed by atoms with E-state index in [9.17, 15) is 5.11 Å². The summed E-state index contributed by atoms with van der Waals surface area (Å²) >= 11 is 0. The minimum atomic E-state index is 0. The van der Waals surface area contributed by atoms with Crippen LogP contribution in [0.15, 0.2) is 59.6 Å². The van der Waals surface area contributed by atoms with Gasteiger partial charge >= 0.3 is 0 Å². The standard InChI is InChI=1S/C17H19N3O.ClH/c18-17-19-15(10-13-6-8-16(21)9-7-13)12-20(17)11-14-4-2-1-3-5-14;/h1-9,15,21H,10-12H2,(H2,18,19);1H/t15-;/m0./s1. The van der Waals surface area contributed by atoms with Gasteiger partial charge in [-0.2, -0.15) is 0 Å². The highest BCUT2D eigenvalue weighted by Crippen LogP contribution is 2.17. The number of halogens is 1. The molecule has 0 aliphatic carbocycles. The molecule has 0 saturated carbocycles. The zero-order valence-electron chi connectivity index (χ0n) is 12.2. The number of hydrogen-bond acceptors (Lipinski definition) is 4. The predicted octanol–water partition coefficient (Wildman–Crippen LogP) is 2.56. The highest BCUT2D eigenvalue weighted by molar-refractivity contribution is 5.85. The van der Waals surface area contributed by atoms with Gasteiger partial charge in [0.15, 0.2) is 5.96 Å². The average Bonchev–Trinajstić information content (AvgIpc) is 2.82. The summed E-state index contributed by atoms with van der Waals surface area (Å²) < 4.78 is 0. The van der Waals surface area contributed by atoms with Crippen LogP contribution in [0.25, 0.3) is 0 Å². The van der Waals surface area contributed by atoms with E-state index in [0.717, 1.165) is 25.1 Å². The van der Waals surface area contributed by atoms with Crippen molar-refractivity contribution in [2.45, 2.75) is 19.0 Å². The maximum atomic E-state index is 9.31. The van der Waals surface area contributed by atoms with Gasteiger partial charge in [0.1, 0.15) is 5.75 Å². The average molecular weight is 318 g/mol. The molecule has 116 valence electrons. The molecule has 1 aliphatic heterocycles. The Morgan fingerprint density at radius 2 is 1.73 bits per heavy atom. The van der Waals surface area contributed by atoms with Gasteiger partial charge in [0, 0.05) is 13.1 Å². The summed E-state index contributed by atoms with van der Waals surface area (Å²) in [5.41, 5.74) is 8.43. The van der Waals surface area contributed by atoms with E-state index in [0.29, 0.717) is 11.7 Å². The lowest BCUT2D eigenvalue weighted by Crippen LogP contribution is -2.34. The second-order valence-corrected chi connectivity index (χ2v) is 5.38.